The van der Waals surface area contributed by atoms with Gasteiger partial charge in [0.25, 0.3) is 0 Å². The summed E-state index contributed by atoms with van der Waals surface area (Å²) >= 11 is 0.892. The molecule has 2 aliphatic rings. The minimum Gasteiger partial charge on any atom is -0.493 e. The number of thiazole rings is 1. The van der Waals surface area contributed by atoms with Crippen LogP contribution in [0.1, 0.15) is 10.4 Å². The first kappa shape index (κ1) is 21.2. The van der Waals surface area contributed by atoms with E-state index in [0.29, 0.717) is 23.8 Å². The highest BCUT2D eigenvalue weighted by Gasteiger charge is 2.18. The predicted molar refractivity (Wildman–Crippen MR) is 131 cm³/mol. The largest absolute Gasteiger partial charge is 0.493 e. The third-order valence-electron chi connectivity index (χ3n) is 5.57. The van der Waals surface area contributed by atoms with Gasteiger partial charge in [-0.3, -0.25) is 19.1 Å². The average Bonchev–Trinajstić information content (AvgIpc) is 3.36. The molecule has 8 nitrogen and oxygen atoms in total. The zero-order valence-electron chi connectivity index (χ0n) is 17.7. The van der Waals surface area contributed by atoms with E-state index in [9.17, 15) is 14.7 Å². The van der Waals surface area contributed by atoms with E-state index in [1.165, 1.54) is 0 Å². The third-order valence-corrected chi connectivity index (χ3v) is 6.48. The van der Waals surface area contributed by atoms with Crippen LogP contribution in [0, 0.1) is 0 Å². The fourth-order valence-corrected chi connectivity index (χ4v) is 4.70. The summed E-state index contributed by atoms with van der Waals surface area (Å²) in [5, 5.41) is 13.4. The molecule has 1 fully saturated rings. The summed E-state index contributed by atoms with van der Waals surface area (Å²) < 4.78 is 6.45. The SMILES string of the molecule is O=C(Cn1c(O)c(C=C2C=Nc3ccccc32)sc1=O)Nc1ccc(N2CCOCC2)cc1. The van der Waals surface area contributed by atoms with Crippen molar-refractivity contribution in [2.24, 2.45) is 4.99 Å². The lowest BCUT2D eigenvalue weighted by molar-refractivity contribution is -0.116. The molecular formula is C24H22N4O4S. The number of hydrogen-bond acceptors (Lipinski definition) is 7. The van der Waals surface area contributed by atoms with Gasteiger partial charge >= 0.3 is 4.87 Å². The predicted octanol–water partition coefficient (Wildman–Crippen LogP) is 3.35. The molecule has 3 aromatic rings. The van der Waals surface area contributed by atoms with Crippen molar-refractivity contribution in [3.63, 3.8) is 0 Å². The van der Waals surface area contributed by atoms with Crippen molar-refractivity contribution >= 4 is 52.2 Å². The van der Waals surface area contributed by atoms with E-state index in [0.717, 1.165) is 51.5 Å². The van der Waals surface area contributed by atoms with Crippen LogP contribution in [0.5, 0.6) is 5.88 Å². The number of fused-ring (bicyclic) bond motifs is 1. The smallest absolute Gasteiger partial charge is 0.311 e. The van der Waals surface area contributed by atoms with Crippen molar-refractivity contribution in [1.82, 2.24) is 4.57 Å². The van der Waals surface area contributed by atoms with Gasteiger partial charge in [0.15, 0.2) is 0 Å². The first-order valence-electron chi connectivity index (χ1n) is 10.6. The van der Waals surface area contributed by atoms with Crippen LogP contribution in [0.25, 0.3) is 11.6 Å². The number of para-hydroxylation sites is 1. The van der Waals surface area contributed by atoms with Crippen molar-refractivity contribution in [2.75, 3.05) is 36.5 Å². The van der Waals surface area contributed by atoms with E-state index in [4.69, 9.17) is 4.74 Å². The summed E-state index contributed by atoms with van der Waals surface area (Å²) in [5.41, 5.74) is 4.27. The molecular weight excluding hydrogens is 440 g/mol. The van der Waals surface area contributed by atoms with Gasteiger partial charge in [-0.15, -0.1) is 0 Å². The minimum absolute atomic E-state index is 0.229. The Kier molecular flexibility index (Phi) is 5.80. The average molecular weight is 463 g/mol. The van der Waals surface area contributed by atoms with E-state index in [1.54, 1.807) is 12.3 Å². The van der Waals surface area contributed by atoms with Crippen molar-refractivity contribution < 1.29 is 14.6 Å². The Hall–Kier alpha value is -3.69. The highest BCUT2D eigenvalue weighted by atomic mass is 32.1. The van der Waals surface area contributed by atoms with Gasteiger partial charge in [-0.25, -0.2) is 0 Å². The van der Waals surface area contributed by atoms with E-state index < -0.39 is 10.8 Å². The quantitative estimate of drug-likeness (QED) is 0.606. The lowest BCUT2D eigenvalue weighted by Gasteiger charge is -2.28. The van der Waals surface area contributed by atoms with Crippen molar-refractivity contribution in [1.29, 1.82) is 0 Å². The fraction of sp³-hybridized carbons (Fsp3) is 0.208. The molecule has 5 rings (SSSR count). The Bertz CT molecular complexity index is 1300. The number of benzene rings is 2. The van der Waals surface area contributed by atoms with Crippen LogP contribution in [0.4, 0.5) is 17.1 Å². The first-order valence-corrected chi connectivity index (χ1v) is 11.4. The summed E-state index contributed by atoms with van der Waals surface area (Å²) in [7, 11) is 0. The Labute approximate surface area is 194 Å². The number of rotatable bonds is 5. The van der Waals surface area contributed by atoms with Crippen LogP contribution in [0.15, 0.2) is 58.3 Å². The van der Waals surface area contributed by atoms with Gasteiger partial charge in [-0.1, -0.05) is 29.5 Å². The summed E-state index contributed by atoms with van der Waals surface area (Å²) in [6.45, 7) is 2.80. The monoisotopic (exact) mass is 462 g/mol. The Morgan fingerprint density at radius 3 is 2.70 bits per heavy atom. The van der Waals surface area contributed by atoms with Crippen LogP contribution in [-0.2, 0) is 16.1 Å². The molecule has 0 atom stereocenters. The van der Waals surface area contributed by atoms with Crippen molar-refractivity contribution in [2.45, 2.75) is 6.54 Å². The molecule has 2 aliphatic heterocycles. The number of carbonyl (C=O) groups excluding carboxylic acids is 1. The third kappa shape index (κ3) is 4.46. The standard InChI is InChI=1S/C24H22N4O4S/c29-22(26-17-5-7-18(8-6-17)27-9-11-32-12-10-27)15-28-23(30)21(33-24(28)31)13-16-14-25-20-4-2-1-3-19(16)20/h1-8,13-14,30H,9-12,15H2,(H,26,29). The molecule has 0 spiro atoms. The number of morpholine rings is 1. The fourth-order valence-electron chi connectivity index (χ4n) is 3.86. The van der Waals surface area contributed by atoms with Crippen LogP contribution in [-0.4, -0.2) is 48.1 Å². The maximum absolute atomic E-state index is 12.5. The topological polar surface area (TPSA) is 96.2 Å². The number of anilines is 2. The first-order chi connectivity index (χ1) is 16.1. The Morgan fingerprint density at radius 1 is 1.15 bits per heavy atom. The summed E-state index contributed by atoms with van der Waals surface area (Å²) in [5.74, 6) is -0.621. The highest BCUT2D eigenvalue weighted by Crippen LogP contribution is 2.34. The molecule has 1 amide bonds. The molecule has 168 valence electrons. The lowest BCUT2D eigenvalue weighted by Crippen LogP contribution is -2.36. The molecule has 2 N–H and O–H groups in total. The molecule has 2 aromatic carbocycles. The highest BCUT2D eigenvalue weighted by molar-refractivity contribution is 7.10. The minimum atomic E-state index is -0.402. The molecule has 0 unspecified atom stereocenters. The molecule has 9 heteroatoms. The zero-order valence-corrected chi connectivity index (χ0v) is 18.5. The maximum atomic E-state index is 12.5. The van der Waals surface area contributed by atoms with E-state index in [2.05, 4.69) is 15.2 Å². The summed E-state index contributed by atoms with van der Waals surface area (Å²) in [4.78, 5) is 31.5. The molecule has 3 heterocycles. The normalized spacial score (nSPS) is 16.2. The number of nitrogens with zero attached hydrogens (tertiary/aromatic N) is 3. The van der Waals surface area contributed by atoms with Gasteiger partial charge in [0, 0.05) is 41.8 Å². The number of allylic oxidation sites excluding steroid dienone is 1. The van der Waals surface area contributed by atoms with Gasteiger partial charge in [-0.2, -0.15) is 0 Å². The second-order valence-corrected chi connectivity index (χ2v) is 8.70. The molecule has 1 saturated heterocycles. The van der Waals surface area contributed by atoms with Crippen LogP contribution in [0.2, 0.25) is 0 Å². The van der Waals surface area contributed by atoms with E-state index in [1.807, 2.05) is 48.5 Å². The number of aromatic nitrogens is 1. The molecule has 33 heavy (non-hydrogen) atoms. The van der Waals surface area contributed by atoms with Gasteiger partial charge < -0.3 is 20.1 Å². The molecule has 0 aliphatic carbocycles. The summed E-state index contributed by atoms with van der Waals surface area (Å²) in [6.07, 6.45) is 3.42. The van der Waals surface area contributed by atoms with Crippen molar-refractivity contribution in [3.05, 3.63) is 68.6 Å². The number of aromatic hydroxyl groups is 1. The molecule has 0 bridgehead atoms. The molecule has 0 radical (unpaired) electrons. The van der Waals surface area contributed by atoms with Crippen LogP contribution < -0.4 is 15.1 Å². The second-order valence-electron chi connectivity index (χ2n) is 7.71. The number of amides is 1. The second kappa shape index (κ2) is 9.05. The Morgan fingerprint density at radius 2 is 1.91 bits per heavy atom. The molecule has 1 aromatic heterocycles. The Balaban J connectivity index is 1.28. The lowest BCUT2D eigenvalue weighted by atomic mass is 10.1. The van der Waals surface area contributed by atoms with Gasteiger partial charge in [-0.05, 0) is 36.4 Å². The van der Waals surface area contributed by atoms with Crippen LogP contribution >= 0.6 is 11.3 Å². The summed E-state index contributed by atoms with van der Waals surface area (Å²) in [6, 6.07) is 15.2. The molecule has 0 saturated carbocycles. The number of hydrogen-bond donors (Lipinski definition) is 2. The zero-order chi connectivity index (χ0) is 22.8. The van der Waals surface area contributed by atoms with Gasteiger partial charge in [0.2, 0.25) is 11.8 Å². The number of ether oxygens (including phenoxy) is 1. The number of nitrogens with one attached hydrogen (secondary N) is 1. The van der Waals surface area contributed by atoms with Gasteiger partial charge in [0.1, 0.15) is 6.54 Å². The number of aliphatic imine (C=N–C) groups is 1. The van der Waals surface area contributed by atoms with Crippen LogP contribution in [0.3, 0.4) is 0 Å². The van der Waals surface area contributed by atoms with Gasteiger partial charge in [0.05, 0.1) is 23.8 Å². The maximum Gasteiger partial charge on any atom is 0.311 e. The number of carbonyl (C=O) groups is 1. The van der Waals surface area contributed by atoms with Crippen molar-refractivity contribution in [3.8, 4) is 5.88 Å². The van der Waals surface area contributed by atoms with E-state index >= 15 is 0 Å². The van der Waals surface area contributed by atoms with E-state index in [-0.39, 0.29) is 12.4 Å².